The molecule has 1 unspecified atom stereocenters. The van der Waals surface area contributed by atoms with Crippen LogP contribution in [0.25, 0.3) is 0 Å². The van der Waals surface area contributed by atoms with Gasteiger partial charge in [-0.25, -0.2) is 0 Å². The zero-order chi connectivity index (χ0) is 12.7. The Bertz CT molecular complexity index is 246. The third kappa shape index (κ3) is 6.22. The molecule has 2 N–H and O–H groups in total. The van der Waals surface area contributed by atoms with Gasteiger partial charge in [0.15, 0.2) is 5.96 Å². The fraction of sp³-hybridized carbons (Fsp3) is 0.923. The normalized spacial score (nSPS) is 20.2. The number of aliphatic hydroxyl groups excluding tert-OH is 1. The van der Waals surface area contributed by atoms with E-state index in [1.807, 2.05) is 0 Å². The second-order valence-corrected chi connectivity index (χ2v) is 5.19. The van der Waals surface area contributed by atoms with E-state index in [0.717, 1.165) is 37.4 Å². The maximum Gasteiger partial charge on any atom is 0.194 e. The molecule has 1 aliphatic rings. The number of hydrogen-bond acceptors (Lipinski definition) is 2. The van der Waals surface area contributed by atoms with Crippen LogP contribution in [0.3, 0.4) is 0 Å². The van der Waals surface area contributed by atoms with Gasteiger partial charge in [-0.1, -0.05) is 13.8 Å². The van der Waals surface area contributed by atoms with Crippen molar-refractivity contribution in [2.45, 2.75) is 33.6 Å². The summed E-state index contributed by atoms with van der Waals surface area (Å²) < 4.78 is 0. The summed E-state index contributed by atoms with van der Waals surface area (Å²) in [5, 5.41) is 12.1. The number of nitrogens with zero attached hydrogens (tertiary/aromatic N) is 2. The van der Waals surface area contributed by atoms with Crippen molar-refractivity contribution in [2.24, 2.45) is 16.8 Å². The number of hydrogen-bond donors (Lipinski definition) is 2. The van der Waals surface area contributed by atoms with E-state index in [9.17, 15) is 0 Å². The highest BCUT2D eigenvalue weighted by molar-refractivity contribution is 14.0. The van der Waals surface area contributed by atoms with Gasteiger partial charge in [-0.05, 0) is 31.6 Å². The van der Waals surface area contributed by atoms with Gasteiger partial charge in [-0.2, -0.15) is 0 Å². The van der Waals surface area contributed by atoms with E-state index in [-0.39, 0.29) is 30.6 Å². The van der Waals surface area contributed by atoms with Crippen LogP contribution >= 0.6 is 24.0 Å². The number of guanidine groups is 1. The van der Waals surface area contributed by atoms with Gasteiger partial charge < -0.3 is 15.3 Å². The van der Waals surface area contributed by atoms with Crippen molar-refractivity contribution in [3.05, 3.63) is 0 Å². The van der Waals surface area contributed by atoms with E-state index in [0.29, 0.717) is 6.54 Å². The van der Waals surface area contributed by atoms with Crippen LogP contribution in [0, 0.1) is 11.8 Å². The lowest BCUT2D eigenvalue weighted by molar-refractivity contribution is 0.305. The molecule has 0 aromatic heterocycles. The Morgan fingerprint density at radius 1 is 1.50 bits per heavy atom. The van der Waals surface area contributed by atoms with Gasteiger partial charge in [-0.15, -0.1) is 24.0 Å². The smallest absolute Gasteiger partial charge is 0.194 e. The van der Waals surface area contributed by atoms with Gasteiger partial charge >= 0.3 is 0 Å². The van der Waals surface area contributed by atoms with Crippen LogP contribution in [-0.4, -0.2) is 48.8 Å². The molecule has 0 bridgehead atoms. The third-order valence-corrected chi connectivity index (χ3v) is 3.09. The minimum Gasteiger partial charge on any atom is -0.394 e. The Morgan fingerprint density at radius 3 is 2.78 bits per heavy atom. The number of halogens is 1. The summed E-state index contributed by atoms with van der Waals surface area (Å²) in [5.74, 6) is 2.54. The summed E-state index contributed by atoms with van der Waals surface area (Å²) in [4.78, 5) is 6.73. The predicted octanol–water partition coefficient (Wildman–Crippen LogP) is 1.93. The van der Waals surface area contributed by atoms with Crippen molar-refractivity contribution in [2.75, 3.05) is 32.8 Å². The second-order valence-electron chi connectivity index (χ2n) is 5.19. The zero-order valence-corrected chi connectivity index (χ0v) is 14.2. The molecule has 108 valence electrons. The summed E-state index contributed by atoms with van der Waals surface area (Å²) in [7, 11) is 0. The van der Waals surface area contributed by atoms with Crippen molar-refractivity contribution < 1.29 is 5.11 Å². The minimum absolute atomic E-state index is 0. The molecule has 0 radical (unpaired) electrons. The summed E-state index contributed by atoms with van der Waals surface area (Å²) in [6.45, 7) is 10.4. The molecule has 0 spiro atoms. The average molecular weight is 369 g/mol. The monoisotopic (exact) mass is 369 g/mol. The second kappa shape index (κ2) is 9.83. The zero-order valence-electron chi connectivity index (χ0n) is 11.9. The van der Waals surface area contributed by atoms with E-state index < -0.39 is 0 Å². The third-order valence-electron chi connectivity index (χ3n) is 3.09. The summed E-state index contributed by atoms with van der Waals surface area (Å²) in [5.41, 5.74) is 0. The van der Waals surface area contributed by atoms with Crippen LogP contribution < -0.4 is 5.32 Å². The van der Waals surface area contributed by atoms with Gasteiger partial charge in [0, 0.05) is 19.6 Å². The molecule has 4 nitrogen and oxygen atoms in total. The lowest BCUT2D eigenvalue weighted by Gasteiger charge is -2.22. The lowest BCUT2D eigenvalue weighted by atomic mass is 9.97. The molecule has 1 aliphatic heterocycles. The van der Waals surface area contributed by atoms with Gasteiger partial charge in [-0.3, -0.25) is 4.99 Å². The summed E-state index contributed by atoms with van der Waals surface area (Å²) in [6, 6.07) is 0. The van der Waals surface area contributed by atoms with Crippen LogP contribution in [0.5, 0.6) is 0 Å². The number of rotatable bonds is 5. The standard InChI is InChI=1S/C13H27N3O.HI/c1-4-14-13(15-6-8-17)16-7-5-12(10-16)9-11(2)3;/h11-12,17H,4-10H2,1-3H3,(H,14,15);1H. The van der Waals surface area contributed by atoms with Crippen LogP contribution in [0.1, 0.15) is 33.6 Å². The van der Waals surface area contributed by atoms with E-state index in [1.165, 1.54) is 12.8 Å². The first-order chi connectivity index (χ1) is 8.17. The molecule has 1 heterocycles. The minimum atomic E-state index is 0. The van der Waals surface area contributed by atoms with E-state index in [2.05, 4.69) is 36.0 Å². The summed E-state index contributed by atoms with van der Waals surface area (Å²) in [6.07, 6.45) is 2.57. The first-order valence-electron chi connectivity index (χ1n) is 6.81. The predicted molar refractivity (Wildman–Crippen MR) is 87.6 cm³/mol. The van der Waals surface area contributed by atoms with E-state index in [1.54, 1.807) is 0 Å². The molecule has 5 heteroatoms. The Hall–Kier alpha value is -0.0400. The average Bonchev–Trinajstić information content (AvgIpc) is 2.71. The van der Waals surface area contributed by atoms with E-state index >= 15 is 0 Å². The molecule has 0 aromatic carbocycles. The quantitative estimate of drug-likeness (QED) is 0.442. The largest absolute Gasteiger partial charge is 0.394 e. The van der Waals surface area contributed by atoms with Crippen LogP contribution in [0.4, 0.5) is 0 Å². The highest BCUT2D eigenvalue weighted by atomic mass is 127. The molecule has 0 aliphatic carbocycles. The van der Waals surface area contributed by atoms with Gasteiger partial charge in [0.2, 0.25) is 0 Å². The van der Waals surface area contributed by atoms with Crippen LogP contribution in [0.15, 0.2) is 4.99 Å². The number of aliphatic hydroxyl groups is 1. The van der Waals surface area contributed by atoms with Crippen molar-refractivity contribution >= 4 is 29.9 Å². The molecular weight excluding hydrogens is 341 g/mol. The molecule has 1 rings (SSSR count). The maximum absolute atomic E-state index is 8.84. The fourth-order valence-electron chi connectivity index (χ4n) is 2.47. The number of nitrogens with one attached hydrogen (secondary N) is 1. The van der Waals surface area contributed by atoms with Gasteiger partial charge in [0.1, 0.15) is 0 Å². The summed E-state index contributed by atoms with van der Waals surface area (Å²) >= 11 is 0. The molecule has 1 saturated heterocycles. The maximum atomic E-state index is 8.84. The SMILES string of the molecule is CCNC(=NCCO)N1CCC(CC(C)C)C1.I. The Kier molecular flexibility index (Phi) is 9.81. The topological polar surface area (TPSA) is 47.9 Å². The highest BCUT2D eigenvalue weighted by Crippen LogP contribution is 2.23. The van der Waals surface area contributed by atoms with Crippen LogP contribution in [0.2, 0.25) is 0 Å². The van der Waals surface area contributed by atoms with Crippen LogP contribution in [-0.2, 0) is 0 Å². The molecule has 0 amide bonds. The van der Waals surface area contributed by atoms with Crippen molar-refractivity contribution in [1.29, 1.82) is 0 Å². The van der Waals surface area contributed by atoms with Gasteiger partial charge in [0.05, 0.1) is 13.2 Å². The Labute approximate surface area is 128 Å². The molecule has 18 heavy (non-hydrogen) atoms. The Balaban J connectivity index is 0.00000289. The Morgan fingerprint density at radius 2 is 2.22 bits per heavy atom. The first-order valence-corrected chi connectivity index (χ1v) is 6.81. The van der Waals surface area contributed by atoms with Crippen molar-refractivity contribution in [3.63, 3.8) is 0 Å². The molecule has 0 aromatic rings. The molecule has 1 atom stereocenters. The van der Waals surface area contributed by atoms with Crippen molar-refractivity contribution in [3.8, 4) is 0 Å². The fourth-order valence-corrected chi connectivity index (χ4v) is 2.47. The highest BCUT2D eigenvalue weighted by Gasteiger charge is 2.25. The van der Waals surface area contributed by atoms with Crippen molar-refractivity contribution in [1.82, 2.24) is 10.2 Å². The number of likely N-dealkylation sites (tertiary alicyclic amines) is 1. The molecular formula is C13H28IN3O. The first kappa shape index (κ1) is 18.0. The molecule has 1 fully saturated rings. The van der Waals surface area contributed by atoms with Gasteiger partial charge in [0.25, 0.3) is 0 Å². The van der Waals surface area contributed by atoms with E-state index in [4.69, 9.17) is 5.11 Å². The number of aliphatic imine (C=N–C) groups is 1. The molecule has 0 saturated carbocycles. The lowest BCUT2D eigenvalue weighted by Crippen LogP contribution is -2.40.